The number of halogens is 6. The smallest absolute Gasteiger partial charge is 0.325 e. The Hall–Kier alpha value is -0.970. The fourth-order valence-corrected chi connectivity index (χ4v) is 2.24. The van der Waals surface area contributed by atoms with Gasteiger partial charge in [0.15, 0.2) is 0 Å². The second-order valence-electron chi connectivity index (χ2n) is 3.91. The summed E-state index contributed by atoms with van der Waals surface area (Å²) in [5.74, 6) is -3.43. The van der Waals surface area contributed by atoms with Gasteiger partial charge < -0.3 is 5.73 Å². The highest BCUT2D eigenvalue weighted by atomic mass is 35.5. The first-order chi connectivity index (χ1) is 8.98. The van der Waals surface area contributed by atoms with Crippen LogP contribution in [0.3, 0.4) is 0 Å². The van der Waals surface area contributed by atoms with Crippen LogP contribution in [0, 0.1) is 0 Å². The maximum absolute atomic E-state index is 12.8. The second-order valence-corrected chi connectivity index (χ2v) is 5.67. The Bertz CT molecular complexity index is 560. The van der Waals surface area contributed by atoms with Crippen LogP contribution < -0.4 is 10.5 Å². The highest BCUT2D eigenvalue weighted by Gasteiger charge is 2.32. The molecule has 0 aliphatic heterocycles. The highest BCUT2D eigenvalue weighted by Crippen LogP contribution is 2.29. The van der Waals surface area contributed by atoms with Crippen molar-refractivity contribution in [3.05, 3.63) is 29.8 Å². The number of hydrogen-bond donors (Lipinski definition) is 2. The molecule has 0 saturated heterocycles. The number of nitrogens with two attached hydrogens (primary N) is 1. The third kappa shape index (κ3) is 5.73. The summed E-state index contributed by atoms with van der Waals surface area (Å²) in [7, 11) is -4.32. The van der Waals surface area contributed by atoms with Gasteiger partial charge in [0.25, 0.3) is 5.92 Å². The molecule has 0 atom stereocenters. The molecule has 1 rings (SSSR count). The summed E-state index contributed by atoms with van der Waals surface area (Å²) in [5, 5.41) is 0. The quantitative estimate of drug-likeness (QED) is 0.794. The van der Waals surface area contributed by atoms with E-state index in [4.69, 9.17) is 5.73 Å². The largest absolute Gasteiger partial charge is 0.416 e. The van der Waals surface area contributed by atoms with E-state index in [1.807, 2.05) is 0 Å². The molecular formula is C10H12ClF5N2O2S. The molecule has 0 aliphatic carbocycles. The lowest BCUT2D eigenvalue weighted by atomic mass is 10.2. The van der Waals surface area contributed by atoms with Crippen molar-refractivity contribution >= 4 is 22.4 Å². The Labute approximate surface area is 124 Å². The van der Waals surface area contributed by atoms with E-state index in [0.717, 1.165) is 0 Å². The summed E-state index contributed by atoms with van der Waals surface area (Å²) >= 11 is 0. The van der Waals surface area contributed by atoms with Crippen LogP contribution in [0.15, 0.2) is 29.2 Å². The van der Waals surface area contributed by atoms with Gasteiger partial charge >= 0.3 is 6.18 Å². The van der Waals surface area contributed by atoms with Crippen molar-refractivity contribution in [2.75, 3.05) is 13.1 Å². The predicted octanol–water partition coefficient (Wildman–Crippen LogP) is 2.00. The lowest BCUT2D eigenvalue weighted by molar-refractivity contribution is -0.137. The lowest BCUT2D eigenvalue weighted by Gasteiger charge is -2.15. The van der Waals surface area contributed by atoms with Crippen molar-refractivity contribution in [1.82, 2.24) is 4.72 Å². The molecule has 0 radical (unpaired) electrons. The Kier molecular flexibility index (Phi) is 6.54. The molecule has 122 valence electrons. The van der Waals surface area contributed by atoms with Gasteiger partial charge in [0, 0.05) is 0 Å². The minimum absolute atomic E-state index is 0. The van der Waals surface area contributed by atoms with E-state index in [9.17, 15) is 30.4 Å². The molecule has 11 heteroatoms. The first-order valence-electron chi connectivity index (χ1n) is 5.23. The first kappa shape index (κ1) is 20.0. The first-order valence-corrected chi connectivity index (χ1v) is 6.71. The van der Waals surface area contributed by atoms with Crippen molar-refractivity contribution in [3.8, 4) is 0 Å². The van der Waals surface area contributed by atoms with Crippen LogP contribution in [0.2, 0.25) is 0 Å². The van der Waals surface area contributed by atoms with Crippen molar-refractivity contribution in [2.45, 2.75) is 17.0 Å². The van der Waals surface area contributed by atoms with E-state index in [1.54, 1.807) is 4.72 Å². The van der Waals surface area contributed by atoms with E-state index >= 15 is 0 Å². The number of sulfonamides is 1. The van der Waals surface area contributed by atoms with Gasteiger partial charge in [0.2, 0.25) is 10.0 Å². The molecule has 0 bridgehead atoms. The third-order valence-electron chi connectivity index (χ3n) is 2.31. The fourth-order valence-electron chi connectivity index (χ4n) is 1.18. The standard InChI is InChI=1S/C10H11F5N2O2S.ClH/c11-9(12,5-16)6-17-20(18,19)8-3-1-7(2-4-8)10(13,14)15;/h1-4,17H,5-6,16H2;1H. The number of hydrogen-bond acceptors (Lipinski definition) is 3. The molecule has 0 unspecified atom stereocenters. The van der Waals surface area contributed by atoms with Crippen molar-refractivity contribution in [1.29, 1.82) is 0 Å². The minimum atomic E-state index is -4.61. The van der Waals surface area contributed by atoms with Crippen LogP contribution >= 0.6 is 12.4 Å². The second kappa shape index (κ2) is 6.86. The number of alkyl halides is 5. The predicted molar refractivity (Wildman–Crippen MR) is 67.9 cm³/mol. The zero-order chi connectivity index (χ0) is 15.6. The van der Waals surface area contributed by atoms with Gasteiger partial charge in [-0.3, -0.25) is 0 Å². The molecule has 0 spiro atoms. The summed E-state index contributed by atoms with van der Waals surface area (Å²) in [6.45, 7) is -2.28. The van der Waals surface area contributed by atoms with Crippen LogP contribution in [-0.2, 0) is 16.2 Å². The summed E-state index contributed by atoms with van der Waals surface area (Å²) in [6.07, 6.45) is -4.61. The molecule has 1 aromatic rings. The normalized spacial score (nSPS) is 12.9. The van der Waals surface area contributed by atoms with Crippen molar-refractivity contribution in [2.24, 2.45) is 5.73 Å². The summed E-state index contributed by atoms with van der Waals surface area (Å²) in [6, 6.07) is 2.47. The molecule has 0 saturated carbocycles. The summed E-state index contributed by atoms with van der Waals surface area (Å²) < 4.78 is 87.3. The van der Waals surface area contributed by atoms with Gasteiger partial charge in [-0.2, -0.15) is 13.2 Å². The topological polar surface area (TPSA) is 72.2 Å². The van der Waals surface area contributed by atoms with Crippen molar-refractivity contribution < 1.29 is 30.4 Å². The molecule has 1 aromatic carbocycles. The average Bonchev–Trinajstić information content (AvgIpc) is 2.36. The summed E-state index contributed by atoms with van der Waals surface area (Å²) in [4.78, 5) is -0.543. The van der Waals surface area contributed by atoms with Gasteiger partial charge in [0.05, 0.1) is 23.5 Å². The Morgan fingerprint density at radius 1 is 1.05 bits per heavy atom. The lowest BCUT2D eigenvalue weighted by Crippen LogP contribution is -2.41. The Balaban J connectivity index is 0.00000400. The number of benzene rings is 1. The maximum Gasteiger partial charge on any atom is 0.416 e. The molecule has 21 heavy (non-hydrogen) atoms. The molecule has 0 aromatic heterocycles. The van der Waals surface area contributed by atoms with Gasteiger partial charge in [-0.25, -0.2) is 21.9 Å². The zero-order valence-corrected chi connectivity index (χ0v) is 12.0. The summed E-state index contributed by atoms with van der Waals surface area (Å²) in [5.41, 5.74) is 3.69. The van der Waals surface area contributed by atoms with E-state index in [-0.39, 0.29) is 12.4 Å². The SMILES string of the molecule is Cl.NCC(F)(F)CNS(=O)(=O)c1ccc(C(F)(F)F)cc1. The molecule has 0 heterocycles. The van der Waals surface area contributed by atoms with Crippen LogP contribution in [0.25, 0.3) is 0 Å². The van der Waals surface area contributed by atoms with Gasteiger partial charge in [-0.1, -0.05) is 0 Å². The van der Waals surface area contributed by atoms with Crippen LogP contribution in [-0.4, -0.2) is 27.4 Å². The Morgan fingerprint density at radius 2 is 1.52 bits per heavy atom. The molecule has 3 N–H and O–H groups in total. The molecule has 0 fully saturated rings. The highest BCUT2D eigenvalue weighted by molar-refractivity contribution is 7.89. The third-order valence-corrected chi connectivity index (χ3v) is 3.73. The number of rotatable bonds is 5. The molecule has 4 nitrogen and oxygen atoms in total. The minimum Gasteiger partial charge on any atom is -0.325 e. The van der Waals surface area contributed by atoms with Crippen LogP contribution in [0.4, 0.5) is 22.0 Å². The van der Waals surface area contributed by atoms with E-state index in [2.05, 4.69) is 0 Å². The maximum atomic E-state index is 12.8. The average molecular weight is 355 g/mol. The van der Waals surface area contributed by atoms with Crippen LogP contribution in [0.1, 0.15) is 5.56 Å². The number of nitrogens with one attached hydrogen (secondary N) is 1. The molecule has 0 aliphatic rings. The Morgan fingerprint density at radius 3 is 1.90 bits per heavy atom. The van der Waals surface area contributed by atoms with E-state index in [0.29, 0.717) is 24.3 Å². The van der Waals surface area contributed by atoms with Gasteiger partial charge in [-0.15, -0.1) is 12.4 Å². The monoisotopic (exact) mass is 354 g/mol. The zero-order valence-electron chi connectivity index (χ0n) is 10.3. The fraction of sp³-hybridized carbons (Fsp3) is 0.400. The van der Waals surface area contributed by atoms with E-state index < -0.39 is 45.7 Å². The van der Waals surface area contributed by atoms with Crippen LogP contribution in [0.5, 0.6) is 0 Å². The molecule has 0 amide bonds. The van der Waals surface area contributed by atoms with Crippen molar-refractivity contribution in [3.63, 3.8) is 0 Å². The van der Waals surface area contributed by atoms with Gasteiger partial charge in [-0.05, 0) is 24.3 Å². The van der Waals surface area contributed by atoms with E-state index in [1.165, 1.54) is 0 Å². The van der Waals surface area contributed by atoms with Gasteiger partial charge in [0.1, 0.15) is 0 Å². The molecular weight excluding hydrogens is 343 g/mol.